The third-order valence-electron chi connectivity index (χ3n) is 4.31. The Morgan fingerprint density at radius 1 is 0.963 bits per heavy atom. The van der Waals surface area contributed by atoms with E-state index in [1.165, 1.54) is 0 Å². The van der Waals surface area contributed by atoms with Crippen molar-refractivity contribution in [1.29, 1.82) is 0 Å². The first-order valence-corrected chi connectivity index (χ1v) is 9.47. The molecule has 0 atom stereocenters. The van der Waals surface area contributed by atoms with Crippen LogP contribution in [0.1, 0.15) is 5.56 Å². The fourth-order valence-electron chi connectivity index (χ4n) is 3.00. The molecule has 0 fully saturated rings. The van der Waals surface area contributed by atoms with Gasteiger partial charge in [-0.15, -0.1) is 0 Å². The minimum Gasteiger partial charge on any atom is -0.493 e. The zero-order chi connectivity index (χ0) is 18.6. The normalized spacial score (nSPS) is 10.7. The number of anilines is 1. The van der Waals surface area contributed by atoms with Gasteiger partial charge in [-0.3, -0.25) is 0 Å². The van der Waals surface area contributed by atoms with E-state index in [1.54, 1.807) is 25.6 Å². The summed E-state index contributed by atoms with van der Waals surface area (Å²) < 4.78 is 10.9. The van der Waals surface area contributed by atoms with Crippen LogP contribution in [0.3, 0.4) is 0 Å². The maximum absolute atomic E-state index is 5.53. The molecule has 0 spiro atoms. The topological polar surface area (TPSA) is 56.3 Å². The molecule has 0 unspecified atom stereocenters. The average molecular weight is 377 g/mol. The van der Waals surface area contributed by atoms with Crippen molar-refractivity contribution in [2.45, 2.75) is 6.54 Å². The van der Waals surface area contributed by atoms with Crippen molar-refractivity contribution in [3.63, 3.8) is 0 Å². The first-order valence-electron chi connectivity index (χ1n) is 8.53. The summed E-state index contributed by atoms with van der Waals surface area (Å²) in [6.45, 7) is 0.560. The predicted octanol–water partition coefficient (Wildman–Crippen LogP) is 4.99. The number of benzene rings is 2. The average Bonchev–Trinajstić information content (AvgIpc) is 3.26. The van der Waals surface area contributed by atoms with Gasteiger partial charge in [-0.1, -0.05) is 24.3 Å². The van der Waals surface area contributed by atoms with Crippen LogP contribution >= 0.6 is 11.3 Å². The molecule has 0 aliphatic rings. The van der Waals surface area contributed by atoms with Crippen molar-refractivity contribution >= 4 is 28.1 Å². The Labute approximate surface area is 161 Å². The number of para-hydroxylation sites is 2. The second-order valence-electron chi connectivity index (χ2n) is 5.93. The second-order valence-corrected chi connectivity index (χ2v) is 6.71. The Bertz CT molecular complexity index is 1060. The SMILES string of the molecule is COc1cccc(CNc2nc(-c3ccsc3)nc3ccccc23)c1OC. The van der Waals surface area contributed by atoms with E-state index in [-0.39, 0.29) is 0 Å². The number of ether oxygens (including phenoxy) is 2. The van der Waals surface area contributed by atoms with Crippen molar-refractivity contribution in [1.82, 2.24) is 9.97 Å². The highest BCUT2D eigenvalue weighted by Gasteiger charge is 2.12. The van der Waals surface area contributed by atoms with Crippen LogP contribution in [0.15, 0.2) is 59.3 Å². The van der Waals surface area contributed by atoms with Gasteiger partial charge in [0, 0.05) is 28.4 Å². The molecule has 4 rings (SSSR count). The van der Waals surface area contributed by atoms with E-state index in [2.05, 4.69) is 10.7 Å². The smallest absolute Gasteiger partial charge is 0.165 e. The van der Waals surface area contributed by atoms with Crippen molar-refractivity contribution in [3.8, 4) is 22.9 Å². The van der Waals surface area contributed by atoms with E-state index in [1.807, 2.05) is 53.9 Å². The first kappa shape index (κ1) is 17.3. The molecule has 0 aliphatic heterocycles. The molecule has 2 aromatic carbocycles. The Balaban J connectivity index is 1.72. The van der Waals surface area contributed by atoms with Gasteiger partial charge in [0.25, 0.3) is 0 Å². The molecule has 2 heterocycles. The number of methoxy groups -OCH3 is 2. The van der Waals surface area contributed by atoms with Gasteiger partial charge in [-0.25, -0.2) is 9.97 Å². The van der Waals surface area contributed by atoms with E-state index >= 15 is 0 Å². The zero-order valence-corrected chi connectivity index (χ0v) is 15.9. The number of aromatic nitrogens is 2. The summed E-state index contributed by atoms with van der Waals surface area (Å²) in [5, 5.41) is 8.52. The number of nitrogens with zero attached hydrogens (tertiary/aromatic N) is 2. The molecule has 2 aromatic heterocycles. The van der Waals surface area contributed by atoms with Crippen LogP contribution in [-0.4, -0.2) is 24.2 Å². The Morgan fingerprint density at radius 3 is 2.63 bits per heavy atom. The lowest BCUT2D eigenvalue weighted by Gasteiger charge is -2.14. The monoisotopic (exact) mass is 377 g/mol. The lowest BCUT2D eigenvalue weighted by atomic mass is 10.1. The Morgan fingerprint density at radius 2 is 1.85 bits per heavy atom. The summed E-state index contributed by atoms with van der Waals surface area (Å²) in [6.07, 6.45) is 0. The molecule has 27 heavy (non-hydrogen) atoms. The number of nitrogens with one attached hydrogen (secondary N) is 1. The Kier molecular flexibility index (Phi) is 4.89. The van der Waals surface area contributed by atoms with Gasteiger partial charge >= 0.3 is 0 Å². The van der Waals surface area contributed by atoms with Gasteiger partial charge in [0.15, 0.2) is 17.3 Å². The van der Waals surface area contributed by atoms with Gasteiger partial charge in [0.1, 0.15) is 5.82 Å². The highest BCUT2D eigenvalue weighted by molar-refractivity contribution is 7.08. The second kappa shape index (κ2) is 7.63. The fourth-order valence-corrected chi connectivity index (χ4v) is 3.64. The molecule has 0 aliphatic carbocycles. The standard InChI is InChI=1S/C21H19N3O2S/c1-25-18-9-5-6-14(19(18)26-2)12-22-21-16-7-3-4-8-17(16)23-20(24-21)15-10-11-27-13-15/h3-11,13H,12H2,1-2H3,(H,22,23,24). The molecule has 4 aromatic rings. The van der Waals surface area contributed by atoms with Crippen LogP contribution in [0.2, 0.25) is 0 Å². The van der Waals surface area contributed by atoms with E-state index in [9.17, 15) is 0 Å². The summed E-state index contributed by atoms with van der Waals surface area (Å²) in [5.41, 5.74) is 2.93. The van der Waals surface area contributed by atoms with E-state index in [4.69, 9.17) is 19.4 Å². The van der Waals surface area contributed by atoms with Gasteiger partial charge < -0.3 is 14.8 Å². The minimum atomic E-state index is 0.560. The lowest BCUT2D eigenvalue weighted by Crippen LogP contribution is -2.06. The summed E-state index contributed by atoms with van der Waals surface area (Å²) >= 11 is 1.63. The van der Waals surface area contributed by atoms with Gasteiger partial charge in [-0.2, -0.15) is 11.3 Å². The maximum Gasteiger partial charge on any atom is 0.165 e. The van der Waals surface area contributed by atoms with Gasteiger partial charge in [0.2, 0.25) is 0 Å². The molecule has 0 bridgehead atoms. The largest absolute Gasteiger partial charge is 0.493 e. The molecule has 0 radical (unpaired) electrons. The molecule has 5 nitrogen and oxygen atoms in total. The van der Waals surface area contributed by atoms with Gasteiger partial charge in [-0.05, 0) is 29.6 Å². The van der Waals surface area contributed by atoms with Crippen molar-refractivity contribution < 1.29 is 9.47 Å². The summed E-state index contributed by atoms with van der Waals surface area (Å²) in [6, 6.07) is 15.9. The highest BCUT2D eigenvalue weighted by Crippen LogP contribution is 2.32. The number of hydrogen-bond donors (Lipinski definition) is 1. The minimum absolute atomic E-state index is 0.560. The first-order chi connectivity index (χ1) is 13.3. The number of thiophene rings is 1. The molecule has 0 saturated carbocycles. The molecule has 0 amide bonds. The highest BCUT2D eigenvalue weighted by atomic mass is 32.1. The fraction of sp³-hybridized carbons (Fsp3) is 0.143. The van der Waals surface area contributed by atoms with E-state index in [0.717, 1.165) is 39.4 Å². The van der Waals surface area contributed by atoms with Crippen LogP contribution in [0.4, 0.5) is 5.82 Å². The van der Waals surface area contributed by atoms with Crippen molar-refractivity contribution in [2.75, 3.05) is 19.5 Å². The molecule has 6 heteroatoms. The molecule has 1 N–H and O–H groups in total. The molecular formula is C21H19N3O2S. The number of hydrogen-bond acceptors (Lipinski definition) is 6. The summed E-state index contributed by atoms with van der Waals surface area (Å²) in [4.78, 5) is 9.47. The van der Waals surface area contributed by atoms with Crippen LogP contribution in [0.5, 0.6) is 11.5 Å². The maximum atomic E-state index is 5.53. The quantitative estimate of drug-likeness (QED) is 0.513. The lowest BCUT2D eigenvalue weighted by molar-refractivity contribution is 0.352. The molecule has 0 saturated heterocycles. The number of rotatable bonds is 6. The van der Waals surface area contributed by atoms with E-state index < -0.39 is 0 Å². The van der Waals surface area contributed by atoms with Gasteiger partial charge in [0.05, 0.1) is 19.7 Å². The summed E-state index contributed by atoms with van der Waals surface area (Å²) in [7, 11) is 3.29. The third kappa shape index (κ3) is 3.44. The molecular weight excluding hydrogens is 358 g/mol. The zero-order valence-electron chi connectivity index (χ0n) is 15.1. The van der Waals surface area contributed by atoms with Crippen molar-refractivity contribution in [2.24, 2.45) is 0 Å². The Hall–Kier alpha value is -3.12. The third-order valence-corrected chi connectivity index (χ3v) is 5.00. The van der Waals surface area contributed by atoms with Crippen molar-refractivity contribution in [3.05, 3.63) is 64.9 Å². The number of fused-ring (bicyclic) bond motifs is 1. The van der Waals surface area contributed by atoms with Crippen LogP contribution in [0, 0.1) is 0 Å². The van der Waals surface area contributed by atoms with Crippen LogP contribution < -0.4 is 14.8 Å². The van der Waals surface area contributed by atoms with Crippen LogP contribution in [0.25, 0.3) is 22.3 Å². The van der Waals surface area contributed by atoms with Crippen LogP contribution in [-0.2, 0) is 6.54 Å². The van der Waals surface area contributed by atoms with E-state index in [0.29, 0.717) is 12.3 Å². The molecule has 136 valence electrons. The summed E-state index contributed by atoms with van der Waals surface area (Å²) in [5.74, 6) is 2.95. The predicted molar refractivity (Wildman–Crippen MR) is 110 cm³/mol.